The first-order valence-electron chi connectivity index (χ1n) is 21.4. The van der Waals surface area contributed by atoms with Gasteiger partial charge in [0, 0.05) is 54.4 Å². The minimum Gasteiger partial charge on any atom is -0.487 e. The van der Waals surface area contributed by atoms with Crippen molar-refractivity contribution in [2.75, 3.05) is 39.3 Å². The molecule has 0 atom stereocenters. The predicted molar refractivity (Wildman–Crippen MR) is 243 cm³/mol. The Bertz CT molecular complexity index is 2680. The molecular weight excluding hydrogens is 844 g/mol. The van der Waals surface area contributed by atoms with Crippen molar-refractivity contribution in [3.8, 4) is 17.2 Å². The Labute approximate surface area is 372 Å². The molecule has 63 heavy (non-hydrogen) atoms. The number of carbonyl (C=O) groups excluding carboxylic acids is 1. The fraction of sp³-hybridized carbons (Fsp3) is 0.404. The molecule has 0 spiro atoms. The smallest absolute Gasteiger partial charge is 0.332 e. The molecule has 3 aliphatic rings. The second-order valence-corrected chi connectivity index (χ2v) is 20.9. The summed E-state index contributed by atoms with van der Waals surface area (Å²) in [5.41, 5.74) is 9.46. The molecule has 3 heterocycles. The molecule has 1 amide bonds. The maximum absolute atomic E-state index is 15.4. The highest BCUT2D eigenvalue weighted by Crippen LogP contribution is 2.45. The molecule has 332 valence electrons. The van der Waals surface area contributed by atoms with Gasteiger partial charge >= 0.3 is 15.7 Å². The van der Waals surface area contributed by atoms with Crippen LogP contribution in [-0.2, 0) is 10.0 Å². The highest BCUT2D eigenvalue weighted by atomic mass is 35.5. The number of H-pyrrole nitrogens is 1. The van der Waals surface area contributed by atoms with E-state index >= 15 is 8.42 Å². The van der Waals surface area contributed by atoms with E-state index in [4.69, 9.17) is 26.8 Å². The number of quaternary nitrogens is 1. The van der Waals surface area contributed by atoms with Gasteiger partial charge in [0.2, 0.25) is 0 Å². The van der Waals surface area contributed by atoms with E-state index in [1.807, 2.05) is 18.2 Å². The van der Waals surface area contributed by atoms with Crippen LogP contribution in [0, 0.1) is 21.4 Å². The number of carbonyl (C=O) groups is 1. The lowest BCUT2D eigenvalue weighted by atomic mass is 9.72. The van der Waals surface area contributed by atoms with Crippen LogP contribution in [0.3, 0.4) is 0 Å². The van der Waals surface area contributed by atoms with Crippen LogP contribution in [0.4, 0.5) is 11.4 Å². The van der Waals surface area contributed by atoms with Crippen molar-refractivity contribution in [1.82, 2.24) is 18.8 Å². The number of allylic oxidation sites excluding steroid dienone is 1. The molecule has 0 unspecified atom stereocenters. The fourth-order valence-corrected chi connectivity index (χ4v) is 11.4. The van der Waals surface area contributed by atoms with Crippen LogP contribution in [0.5, 0.6) is 17.2 Å². The Hall–Kier alpha value is -5.32. The van der Waals surface area contributed by atoms with Crippen LogP contribution in [0.15, 0.2) is 95.7 Å². The number of hydrogen-bond donors (Lipinski definition) is 3. The number of aliphatic hydroxyl groups is 1. The number of hydrogen-bond acceptors (Lipinski definition) is 10. The summed E-state index contributed by atoms with van der Waals surface area (Å²) < 4.78 is 42.5. The number of nitro benzene ring substituents is 1. The van der Waals surface area contributed by atoms with Gasteiger partial charge in [-0.15, -0.1) is 0 Å². The quantitative estimate of drug-likeness (QED) is 0.0584. The number of amides is 1. The Morgan fingerprint density at radius 1 is 1.02 bits per heavy atom. The highest BCUT2D eigenvalue weighted by molar-refractivity contribution is 7.91. The normalized spacial score (nSPS) is 21.6. The lowest BCUT2D eigenvalue weighted by Gasteiger charge is -2.43. The third kappa shape index (κ3) is 9.34. The van der Waals surface area contributed by atoms with Crippen molar-refractivity contribution in [2.24, 2.45) is 17.1 Å². The van der Waals surface area contributed by atoms with Crippen LogP contribution in [0.1, 0.15) is 81.6 Å². The zero-order valence-electron chi connectivity index (χ0n) is 35.8. The molecule has 2 fully saturated rings. The van der Waals surface area contributed by atoms with E-state index in [0.717, 1.165) is 36.3 Å². The number of benzene rings is 3. The third-order valence-corrected chi connectivity index (χ3v) is 15.8. The Kier molecular flexibility index (Phi) is 12.2. The molecule has 0 bridgehead atoms. The lowest BCUT2D eigenvalue weighted by molar-refractivity contribution is -0.386. The summed E-state index contributed by atoms with van der Waals surface area (Å²) in [5, 5.41) is 24.4. The number of aromatic nitrogens is 2. The minimum atomic E-state index is -4.46. The van der Waals surface area contributed by atoms with Gasteiger partial charge in [-0.3, -0.25) is 19.8 Å². The number of sulfonamides is 1. The van der Waals surface area contributed by atoms with E-state index < -0.39 is 36.0 Å². The molecule has 2 aromatic heterocycles. The second-order valence-electron chi connectivity index (χ2n) is 18.4. The van der Waals surface area contributed by atoms with E-state index in [9.17, 15) is 20.0 Å². The Morgan fingerprint density at radius 3 is 2.44 bits per heavy atom. The number of piperazine rings is 1. The summed E-state index contributed by atoms with van der Waals surface area (Å²) >= 11 is 6.27. The van der Waals surface area contributed by atoms with Gasteiger partial charge in [-0.05, 0) is 117 Å². The van der Waals surface area contributed by atoms with Gasteiger partial charge in [0.05, 0.1) is 28.9 Å². The lowest BCUT2D eigenvalue weighted by Crippen LogP contribution is -2.63. The monoisotopic (exact) mass is 897 g/mol. The van der Waals surface area contributed by atoms with Gasteiger partial charge in [0.15, 0.2) is 11.4 Å². The highest BCUT2D eigenvalue weighted by Gasteiger charge is 2.49. The van der Waals surface area contributed by atoms with Crippen LogP contribution < -0.4 is 19.1 Å². The first kappa shape index (κ1) is 44.3. The van der Waals surface area contributed by atoms with Gasteiger partial charge < -0.3 is 25.3 Å². The first-order chi connectivity index (χ1) is 29.9. The summed E-state index contributed by atoms with van der Waals surface area (Å²) in [6.45, 7) is 8.13. The molecule has 1 aliphatic heterocycles. The Balaban J connectivity index is 1.15. The maximum atomic E-state index is 15.4. The van der Waals surface area contributed by atoms with Crippen molar-refractivity contribution < 1.29 is 32.7 Å². The topological polar surface area (TPSA) is 191 Å². The SMILES string of the molecule is CC1(C)CCC(CN2CC[N+](c3ccc(C(N)=O)c(Oc4cnc5[nH]ccc5c4)c3)(S(=O)(=O)c3ccc(OC[C@H]4CC[C@](C)(O)CC4)c([N+](=O)[O-])c3)CC2)=C(c2ccc(Cl)cc2)C1. The summed E-state index contributed by atoms with van der Waals surface area (Å²) in [5.74, 6) is -0.337. The number of fused-ring (bicyclic) bond motifs is 1. The van der Waals surface area contributed by atoms with Gasteiger partial charge in [0.25, 0.3) is 5.91 Å². The van der Waals surface area contributed by atoms with Gasteiger partial charge in [-0.1, -0.05) is 43.2 Å². The number of pyridine rings is 1. The van der Waals surface area contributed by atoms with Crippen LogP contribution in [0.25, 0.3) is 16.6 Å². The number of primary amides is 1. The molecular formula is C47H54ClN6O8S+. The number of nitrogens with two attached hydrogens (primary N) is 1. The minimum absolute atomic E-state index is 0.0254. The number of aromatic amines is 1. The molecule has 8 rings (SSSR count). The zero-order valence-corrected chi connectivity index (χ0v) is 37.4. The van der Waals surface area contributed by atoms with E-state index in [-0.39, 0.29) is 53.0 Å². The van der Waals surface area contributed by atoms with Crippen molar-refractivity contribution in [3.05, 3.63) is 117 Å². The predicted octanol–water partition coefficient (Wildman–Crippen LogP) is 9.01. The fourth-order valence-electron chi connectivity index (χ4n) is 9.31. The van der Waals surface area contributed by atoms with E-state index in [1.54, 1.807) is 25.3 Å². The van der Waals surface area contributed by atoms with Gasteiger partial charge in [-0.25, -0.2) is 4.98 Å². The molecule has 16 heteroatoms. The Morgan fingerprint density at radius 2 is 1.75 bits per heavy atom. The molecule has 5 aromatic rings. The molecule has 4 N–H and O–H groups in total. The molecule has 3 aromatic carbocycles. The molecule has 0 radical (unpaired) electrons. The summed E-state index contributed by atoms with van der Waals surface area (Å²) in [4.78, 5) is 34.2. The standard InChI is InChI=1S/C47H53ClN6O8S/c1-46(2)16-14-34(40(27-46)32-4-6-35(48)7-5-32)29-52-20-22-54(23-21-52,36-8-10-39(44(49)55)43(25-36)62-37-24-33-15-19-50-45(33)51-28-37)63(59,60)38-9-11-42(41(26-38)53(57)58)61-30-31-12-17-47(3,56)18-13-31/h4-11,15,19,24-26,28,31,56H,12-14,16-18,20-23,27,29-30H2,1-3H3,(H2-,49,50,51,55)/p+1/t31-,47-. The van der Waals surface area contributed by atoms with E-state index in [2.05, 4.69) is 40.8 Å². The number of ether oxygens (including phenoxy) is 2. The first-order valence-corrected chi connectivity index (χ1v) is 23.2. The largest absolute Gasteiger partial charge is 0.487 e. The van der Waals surface area contributed by atoms with Gasteiger partial charge in [-0.2, -0.15) is 12.3 Å². The summed E-state index contributed by atoms with van der Waals surface area (Å²) in [6.07, 6.45) is 8.67. The zero-order chi connectivity index (χ0) is 44.7. The number of nitrogens with one attached hydrogen (secondary N) is 1. The van der Waals surface area contributed by atoms with Gasteiger partial charge in [0.1, 0.15) is 35.1 Å². The number of halogens is 1. The maximum Gasteiger partial charge on any atom is 0.332 e. The van der Waals surface area contributed by atoms with Crippen LogP contribution >= 0.6 is 11.6 Å². The average Bonchev–Trinajstić information content (AvgIpc) is 3.72. The van der Waals surface area contributed by atoms with Crippen LogP contribution in [0.2, 0.25) is 5.02 Å². The number of nitrogens with zero attached hydrogens (tertiary/aromatic N) is 4. The van der Waals surface area contributed by atoms with Crippen molar-refractivity contribution in [3.63, 3.8) is 0 Å². The molecule has 14 nitrogen and oxygen atoms in total. The van der Waals surface area contributed by atoms with Crippen molar-refractivity contribution in [2.45, 2.75) is 76.2 Å². The molecule has 2 aliphatic carbocycles. The van der Waals surface area contributed by atoms with E-state index in [0.29, 0.717) is 67.4 Å². The summed E-state index contributed by atoms with van der Waals surface area (Å²) in [7, 11) is -4.46. The third-order valence-electron chi connectivity index (χ3n) is 13.2. The second kappa shape index (κ2) is 17.3. The van der Waals surface area contributed by atoms with Crippen molar-refractivity contribution >= 4 is 55.5 Å². The molecule has 1 saturated heterocycles. The van der Waals surface area contributed by atoms with E-state index in [1.165, 1.54) is 41.6 Å². The summed E-state index contributed by atoms with van der Waals surface area (Å²) in [6, 6.07) is 19.9. The number of nitro groups is 1. The molecule has 1 saturated carbocycles. The number of rotatable bonds is 13. The average molecular weight is 899 g/mol. The van der Waals surface area contributed by atoms with Crippen molar-refractivity contribution in [1.29, 1.82) is 0 Å². The van der Waals surface area contributed by atoms with Crippen LogP contribution in [-0.4, -0.2) is 84.2 Å².